The third-order valence-electron chi connectivity index (χ3n) is 16.5. The second-order valence-electron chi connectivity index (χ2n) is 26.4. The summed E-state index contributed by atoms with van der Waals surface area (Å²) >= 11 is 7.23. The molecule has 0 radical (unpaired) electrons. The summed E-state index contributed by atoms with van der Waals surface area (Å²) in [5.74, 6) is 11.0. The second-order valence-corrected chi connectivity index (χ2v) is 28.0. The van der Waals surface area contributed by atoms with Crippen LogP contribution in [-0.4, -0.2) is 23.2 Å². The number of halogens is 2. The fourth-order valence-corrected chi connectivity index (χ4v) is 14.5. The lowest BCUT2D eigenvalue weighted by Crippen LogP contribution is -2.27. The first kappa shape index (κ1) is 68.4. The van der Waals surface area contributed by atoms with E-state index < -0.39 is 0 Å². The lowest BCUT2D eigenvalue weighted by molar-refractivity contribution is -0.257. The highest BCUT2D eigenvalue weighted by molar-refractivity contribution is 9.09. The van der Waals surface area contributed by atoms with Gasteiger partial charge in [-0.25, -0.2) is 0 Å². The molecule has 0 spiro atoms. The van der Waals surface area contributed by atoms with Crippen LogP contribution in [0.4, 0.5) is 0 Å². The van der Waals surface area contributed by atoms with Crippen molar-refractivity contribution in [3.8, 4) is 0 Å². The summed E-state index contributed by atoms with van der Waals surface area (Å²) in [6.07, 6.45) is 27.3. The SMILES string of the molecule is CC(CCCBr)CC(C)CC(C)CC(C)CC(C)CC(C)CC(C)CCCC(OCc1ccccc1)OC(CCCC(C)CC(C)CC(C)CC(C)CC(C)CC(C)CC(C)CCCBr)OCc1ccccc1. The van der Waals surface area contributed by atoms with Crippen molar-refractivity contribution in [1.29, 1.82) is 0 Å². The predicted molar refractivity (Wildman–Crippen MR) is 329 cm³/mol. The average Bonchev–Trinajstić information content (AvgIpc) is 3.30. The molecule has 2 aromatic rings. The first-order chi connectivity index (χ1) is 34.8. The number of benzene rings is 2. The summed E-state index contributed by atoms with van der Waals surface area (Å²) in [4.78, 5) is 0. The van der Waals surface area contributed by atoms with E-state index in [1.165, 1.54) is 127 Å². The number of rotatable bonds is 46. The molecule has 5 heteroatoms. The van der Waals surface area contributed by atoms with Gasteiger partial charge in [0.25, 0.3) is 0 Å². The van der Waals surface area contributed by atoms with Crippen LogP contribution >= 0.6 is 31.9 Å². The van der Waals surface area contributed by atoms with Gasteiger partial charge in [-0.3, -0.25) is 0 Å². The largest absolute Gasteiger partial charge is 0.348 e. The van der Waals surface area contributed by atoms with Crippen molar-refractivity contribution in [2.45, 2.75) is 264 Å². The molecule has 0 heterocycles. The van der Waals surface area contributed by atoms with Crippen LogP contribution in [0.25, 0.3) is 0 Å². The molecule has 424 valence electrons. The average molecular weight is 1150 g/mol. The summed E-state index contributed by atoms with van der Waals surface area (Å²) in [5, 5.41) is 2.28. The van der Waals surface area contributed by atoms with Gasteiger partial charge in [0.2, 0.25) is 0 Å². The van der Waals surface area contributed by atoms with E-state index >= 15 is 0 Å². The number of alkyl halides is 2. The molecule has 0 saturated heterocycles. The van der Waals surface area contributed by atoms with Crippen molar-refractivity contribution in [3.05, 3.63) is 71.8 Å². The monoisotopic (exact) mass is 1140 g/mol. The van der Waals surface area contributed by atoms with Gasteiger partial charge in [0.05, 0.1) is 13.2 Å². The molecule has 0 N–H and O–H groups in total. The molecule has 2 rings (SSSR count). The van der Waals surface area contributed by atoms with Crippen molar-refractivity contribution in [2.75, 3.05) is 10.7 Å². The van der Waals surface area contributed by atoms with Gasteiger partial charge in [-0.05, 0) is 222 Å². The zero-order valence-corrected chi connectivity index (χ0v) is 53.5. The first-order valence-corrected chi connectivity index (χ1v) is 33.2. The Morgan fingerprint density at radius 2 is 0.507 bits per heavy atom. The Balaban J connectivity index is 1.90. The quantitative estimate of drug-likeness (QED) is 0.0488. The van der Waals surface area contributed by atoms with E-state index in [1.54, 1.807) is 0 Å². The van der Waals surface area contributed by atoms with Crippen LogP contribution in [-0.2, 0) is 27.4 Å². The van der Waals surface area contributed by atoms with Gasteiger partial charge in [-0.2, -0.15) is 0 Å². The Bertz CT molecular complexity index is 1430. The third kappa shape index (κ3) is 36.2. The standard InChI is InChI=1S/C68H120Br2O3/c1-51(37-55(5)41-59(9)45-63(13)47-61(11)43-57(7)39-53(3)27-23-35-69)25-21-33-67(71-49-65-29-17-15-18-30-65)73-68(72-50-66-31-19-16-20-32-66)34-22-26-52(2)38-56(6)42-60(10)46-64(14)48-62(12)44-58(8)40-54(4)28-24-36-70/h15-20,29-32,51-64,67-68H,21-28,33-50H2,1-14H3. The minimum Gasteiger partial charge on any atom is -0.348 e. The molecule has 0 aliphatic rings. The topological polar surface area (TPSA) is 27.7 Å². The summed E-state index contributed by atoms with van der Waals surface area (Å²) in [6.45, 7) is 36.0. The van der Waals surface area contributed by atoms with Crippen LogP contribution in [0.2, 0.25) is 0 Å². The fourth-order valence-electron chi connectivity index (χ4n) is 13.9. The van der Waals surface area contributed by atoms with Crippen LogP contribution in [0, 0.1) is 82.9 Å². The van der Waals surface area contributed by atoms with Gasteiger partial charge in [-0.1, -0.05) is 202 Å². The molecule has 0 aliphatic heterocycles. The predicted octanol–water partition coefficient (Wildman–Crippen LogP) is 22.4. The van der Waals surface area contributed by atoms with Gasteiger partial charge in [0.1, 0.15) is 0 Å². The molecular formula is C68H120Br2O3. The van der Waals surface area contributed by atoms with Crippen molar-refractivity contribution in [2.24, 2.45) is 82.9 Å². The first-order valence-electron chi connectivity index (χ1n) is 30.9. The zero-order chi connectivity index (χ0) is 54.0. The Kier molecular flexibility index (Phi) is 38.7. The van der Waals surface area contributed by atoms with Crippen molar-refractivity contribution in [1.82, 2.24) is 0 Å². The van der Waals surface area contributed by atoms with E-state index in [0.29, 0.717) is 25.0 Å². The summed E-state index contributed by atoms with van der Waals surface area (Å²) < 4.78 is 20.2. The molecule has 16 unspecified atom stereocenters. The molecule has 0 bridgehead atoms. The molecule has 2 aromatic carbocycles. The fraction of sp³-hybridized carbons (Fsp3) is 0.824. The summed E-state index contributed by atoms with van der Waals surface area (Å²) in [7, 11) is 0. The Morgan fingerprint density at radius 1 is 0.288 bits per heavy atom. The third-order valence-corrected chi connectivity index (χ3v) is 17.6. The zero-order valence-electron chi connectivity index (χ0n) is 50.4. The smallest absolute Gasteiger partial charge is 0.161 e. The van der Waals surface area contributed by atoms with Gasteiger partial charge >= 0.3 is 0 Å². The Labute approximate surface area is 472 Å². The number of ether oxygens (including phenoxy) is 3. The maximum Gasteiger partial charge on any atom is 0.161 e. The minimum absolute atomic E-state index is 0.300. The molecule has 16 atom stereocenters. The van der Waals surface area contributed by atoms with E-state index in [-0.39, 0.29) is 12.6 Å². The van der Waals surface area contributed by atoms with Crippen LogP contribution < -0.4 is 0 Å². The van der Waals surface area contributed by atoms with Gasteiger partial charge in [0.15, 0.2) is 12.6 Å². The number of hydrogen-bond donors (Lipinski definition) is 0. The lowest BCUT2D eigenvalue weighted by Gasteiger charge is -2.27. The summed E-state index contributed by atoms with van der Waals surface area (Å²) in [5.41, 5.74) is 2.37. The minimum atomic E-state index is -0.300. The molecular weight excluding hydrogens is 1020 g/mol. The highest BCUT2D eigenvalue weighted by Crippen LogP contribution is 2.34. The van der Waals surface area contributed by atoms with Crippen LogP contribution in [0.1, 0.15) is 249 Å². The lowest BCUT2D eigenvalue weighted by atomic mass is 9.80. The van der Waals surface area contributed by atoms with Crippen molar-refractivity contribution < 1.29 is 14.2 Å². The molecule has 3 nitrogen and oxygen atoms in total. The maximum atomic E-state index is 6.91. The van der Waals surface area contributed by atoms with Crippen molar-refractivity contribution in [3.63, 3.8) is 0 Å². The normalized spacial score (nSPS) is 18.8. The molecule has 0 aliphatic carbocycles. The Hall–Kier alpha value is -0.720. The van der Waals surface area contributed by atoms with Gasteiger partial charge in [0, 0.05) is 10.7 Å². The van der Waals surface area contributed by atoms with E-state index in [9.17, 15) is 0 Å². The Morgan fingerprint density at radius 3 is 0.740 bits per heavy atom. The van der Waals surface area contributed by atoms with Crippen LogP contribution in [0.3, 0.4) is 0 Å². The van der Waals surface area contributed by atoms with E-state index in [1.807, 2.05) is 0 Å². The molecule has 0 fully saturated rings. The van der Waals surface area contributed by atoms with E-state index in [2.05, 4.69) is 189 Å². The van der Waals surface area contributed by atoms with Crippen molar-refractivity contribution >= 4 is 31.9 Å². The second kappa shape index (κ2) is 41.3. The van der Waals surface area contributed by atoms with Crippen LogP contribution in [0.5, 0.6) is 0 Å². The summed E-state index contributed by atoms with van der Waals surface area (Å²) in [6, 6.07) is 21.2. The molecule has 0 saturated carbocycles. The van der Waals surface area contributed by atoms with Gasteiger partial charge < -0.3 is 14.2 Å². The highest BCUT2D eigenvalue weighted by Gasteiger charge is 2.23. The number of hydrogen-bond acceptors (Lipinski definition) is 3. The highest BCUT2D eigenvalue weighted by atomic mass is 79.9. The molecule has 73 heavy (non-hydrogen) atoms. The van der Waals surface area contributed by atoms with Crippen LogP contribution in [0.15, 0.2) is 60.7 Å². The maximum absolute atomic E-state index is 6.91. The molecule has 0 amide bonds. The van der Waals surface area contributed by atoms with E-state index in [4.69, 9.17) is 14.2 Å². The molecule has 0 aromatic heterocycles. The van der Waals surface area contributed by atoms with E-state index in [0.717, 1.165) is 107 Å². The van der Waals surface area contributed by atoms with Gasteiger partial charge in [-0.15, -0.1) is 0 Å².